The van der Waals surface area contributed by atoms with Crippen molar-refractivity contribution in [2.75, 3.05) is 5.88 Å². The molecule has 0 unspecified atom stereocenters. The summed E-state index contributed by atoms with van der Waals surface area (Å²) in [4.78, 5) is 4.59. The third-order valence-corrected chi connectivity index (χ3v) is 4.43. The van der Waals surface area contributed by atoms with Crippen molar-refractivity contribution < 1.29 is 0 Å². The van der Waals surface area contributed by atoms with Crippen LogP contribution in [0.25, 0.3) is 0 Å². The van der Waals surface area contributed by atoms with Gasteiger partial charge in [-0.1, -0.05) is 20.8 Å². The van der Waals surface area contributed by atoms with Crippen LogP contribution in [0.2, 0.25) is 0 Å². The molecule has 1 nitrogen and oxygen atoms in total. The molecule has 1 rings (SSSR count). The highest BCUT2D eigenvalue weighted by Gasteiger charge is 2.12. The molecular formula is C11H18ClNS2. The number of halogens is 1. The number of aryl methyl sites for hydroxylation is 1. The molecule has 0 atom stereocenters. The summed E-state index contributed by atoms with van der Waals surface area (Å²) in [7, 11) is 0. The zero-order chi connectivity index (χ0) is 11.3. The second-order valence-electron chi connectivity index (χ2n) is 4.43. The number of hydrogen-bond acceptors (Lipinski definition) is 3. The van der Waals surface area contributed by atoms with Gasteiger partial charge in [0.05, 0.1) is 5.69 Å². The van der Waals surface area contributed by atoms with Crippen LogP contribution in [-0.2, 0) is 12.2 Å². The molecule has 86 valence electrons. The summed E-state index contributed by atoms with van der Waals surface area (Å²) >= 11 is 9.36. The Hall–Kier alpha value is 0.270. The molecule has 0 amide bonds. The number of thiazole rings is 1. The van der Waals surface area contributed by atoms with E-state index in [2.05, 4.69) is 31.1 Å². The lowest BCUT2D eigenvalue weighted by atomic mass is 10.3. The van der Waals surface area contributed by atoms with Crippen LogP contribution in [0.5, 0.6) is 0 Å². The minimum absolute atomic E-state index is 0.321. The van der Waals surface area contributed by atoms with E-state index in [0.717, 1.165) is 24.5 Å². The summed E-state index contributed by atoms with van der Waals surface area (Å²) in [6, 6.07) is 0. The maximum absolute atomic E-state index is 5.65. The molecule has 0 spiro atoms. The Labute approximate surface area is 106 Å². The molecule has 0 aliphatic rings. The van der Waals surface area contributed by atoms with Crippen LogP contribution >= 0.6 is 34.7 Å². The molecular weight excluding hydrogens is 246 g/mol. The number of nitrogens with zero attached hydrogens (tertiary/aromatic N) is 1. The van der Waals surface area contributed by atoms with Crippen molar-refractivity contribution in [2.45, 2.75) is 44.1 Å². The summed E-state index contributed by atoms with van der Waals surface area (Å²) in [6.07, 6.45) is 2.04. The van der Waals surface area contributed by atoms with Gasteiger partial charge < -0.3 is 0 Å². The fourth-order valence-corrected chi connectivity index (χ4v) is 2.87. The van der Waals surface area contributed by atoms with Crippen LogP contribution in [0.3, 0.4) is 0 Å². The third-order valence-electron chi connectivity index (χ3n) is 1.79. The maximum Gasteiger partial charge on any atom is 0.103 e. The first-order chi connectivity index (χ1) is 7.01. The van der Waals surface area contributed by atoms with Crippen LogP contribution < -0.4 is 0 Å². The first kappa shape index (κ1) is 13.3. The Bertz CT molecular complexity index is 291. The predicted octanol–water partition coefficient (Wildman–Crippen LogP) is 4.35. The fourth-order valence-electron chi connectivity index (χ4n) is 1.06. The van der Waals surface area contributed by atoms with E-state index in [1.807, 2.05) is 11.8 Å². The summed E-state index contributed by atoms with van der Waals surface area (Å²) < 4.78 is 0.321. The SMILES string of the molecule is CC(C)(C)SCc1nc(CCCCl)cs1. The van der Waals surface area contributed by atoms with Gasteiger partial charge >= 0.3 is 0 Å². The Balaban J connectivity index is 2.39. The highest BCUT2D eigenvalue weighted by atomic mass is 35.5. The highest BCUT2D eigenvalue weighted by molar-refractivity contribution is 7.99. The molecule has 0 bridgehead atoms. The van der Waals surface area contributed by atoms with Crippen molar-refractivity contribution in [1.82, 2.24) is 4.98 Å². The largest absolute Gasteiger partial charge is 0.245 e. The lowest BCUT2D eigenvalue weighted by Gasteiger charge is -2.16. The molecule has 0 N–H and O–H groups in total. The van der Waals surface area contributed by atoms with Crippen molar-refractivity contribution in [3.63, 3.8) is 0 Å². The lowest BCUT2D eigenvalue weighted by Crippen LogP contribution is -2.07. The fraction of sp³-hybridized carbons (Fsp3) is 0.727. The minimum atomic E-state index is 0.321. The predicted molar refractivity (Wildman–Crippen MR) is 72.2 cm³/mol. The molecule has 1 aromatic rings. The van der Waals surface area contributed by atoms with Gasteiger partial charge in [-0.3, -0.25) is 0 Å². The van der Waals surface area contributed by atoms with E-state index in [1.165, 1.54) is 10.7 Å². The second-order valence-corrected chi connectivity index (χ2v) is 7.55. The molecule has 15 heavy (non-hydrogen) atoms. The van der Waals surface area contributed by atoms with Gasteiger partial charge in [-0.2, -0.15) is 0 Å². The molecule has 0 saturated carbocycles. The van der Waals surface area contributed by atoms with E-state index in [0.29, 0.717) is 4.75 Å². The van der Waals surface area contributed by atoms with Crippen molar-refractivity contribution in [3.05, 3.63) is 16.1 Å². The van der Waals surface area contributed by atoms with Gasteiger partial charge in [0.25, 0.3) is 0 Å². The maximum atomic E-state index is 5.65. The Morgan fingerprint density at radius 1 is 1.47 bits per heavy atom. The van der Waals surface area contributed by atoms with E-state index >= 15 is 0 Å². The summed E-state index contributed by atoms with van der Waals surface area (Å²) in [6.45, 7) is 6.71. The van der Waals surface area contributed by atoms with Gasteiger partial charge in [0.15, 0.2) is 0 Å². The molecule has 4 heteroatoms. The second kappa shape index (κ2) is 6.12. The normalized spacial score (nSPS) is 12.0. The van der Waals surface area contributed by atoms with Gasteiger partial charge in [0, 0.05) is 21.8 Å². The standard InChI is InChI=1S/C11H18ClNS2/c1-11(2,3)15-8-10-13-9(7-14-10)5-4-6-12/h7H,4-6,8H2,1-3H3. The Kier molecular flexibility index (Phi) is 5.44. The van der Waals surface area contributed by atoms with Gasteiger partial charge in [0.1, 0.15) is 5.01 Å². The van der Waals surface area contributed by atoms with Gasteiger partial charge in [-0.25, -0.2) is 4.98 Å². The Morgan fingerprint density at radius 3 is 2.80 bits per heavy atom. The summed E-state index contributed by atoms with van der Waals surface area (Å²) in [5, 5.41) is 3.39. The summed E-state index contributed by atoms with van der Waals surface area (Å²) in [5.41, 5.74) is 1.20. The lowest BCUT2D eigenvalue weighted by molar-refractivity contribution is 0.801. The van der Waals surface area contributed by atoms with E-state index < -0.39 is 0 Å². The first-order valence-electron chi connectivity index (χ1n) is 5.14. The molecule has 0 aliphatic carbocycles. The number of rotatable bonds is 5. The topological polar surface area (TPSA) is 12.9 Å². The average Bonchev–Trinajstić information content (AvgIpc) is 2.58. The number of hydrogen-bond donors (Lipinski definition) is 0. The number of aromatic nitrogens is 1. The van der Waals surface area contributed by atoms with Crippen LogP contribution in [-0.4, -0.2) is 15.6 Å². The smallest absolute Gasteiger partial charge is 0.103 e. The first-order valence-corrected chi connectivity index (χ1v) is 7.54. The number of alkyl halides is 1. The van der Waals surface area contributed by atoms with Crippen LogP contribution in [0.15, 0.2) is 5.38 Å². The van der Waals surface area contributed by atoms with Crippen LogP contribution in [0.1, 0.15) is 37.9 Å². The monoisotopic (exact) mass is 263 g/mol. The minimum Gasteiger partial charge on any atom is -0.245 e. The molecule has 0 aliphatic heterocycles. The van der Waals surface area contributed by atoms with Gasteiger partial charge in [-0.15, -0.1) is 34.7 Å². The van der Waals surface area contributed by atoms with Crippen LogP contribution in [0.4, 0.5) is 0 Å². The van der Waals surface area contributed by atoms with E-state index in [-0.39, 0.29) is 0 Å². The zero-order valence-electron chi connectivity index (χ0n) is 9.55. The van der Waals surface area contributed by atoms with E-state index in [1.54, 1.807) is 11.3 Å². The summed E-state index contributed by atoms with van der Waals surface area (Å²) in [5.74, 6) is 1.75. The highest BCUT2D eigenvalue weighted by Crippen LogP contribution is 2.28. The van der Waals surface area contributed by atoms with Crippen LogP contribution in [0, 0.1) is 0 Å². The van der Waals surface area contributed by atoms with Crippen molar-refractivity contribution in [1.29, 1.82) is 0 Å². The quantitative estimate of drug-likeness (QED) is 0.733. The third kappa shape index (κ3) is 5.79. The molecule has 0 saturated heterocycles. The van der Waals surface area contributed by atoms with E-state index in [4.69, 9.17) is 11.6 Å². The average molecular weight is 264 g/mol. The van der Waals surface area contributed by atoms with Gasteiger partial charge in [-0.05, 0) is 12.8 Å². The number of thioether (sulfide) groups is 1. The van der Waals surface area contributed by atoms with Crippen molar-refractivity contribution >= 4 is 34.7 Å². The van der Waals surface area contributed by atoms with Crippen molar-refractivity contribution in [2.24, 2.45) is 0 Å². The Morgan fingerprint density at radius 2 is 2.20 bits per heavy atom. The molecule has 0 radical (unpaired) electrons. The van der Waals surface area contributed by atoms with Crippen molar-refractivity contribution in [3.8, 4) is 0 Å². The molecule has 0 fully saturated rings. The zero-order valence-corrected chi connectivity index (χ0v) is 11.9. The molecule has 1 heterocycles. The van der Waals surface area contributed by atoms with Gasteiger partial charge in [0.2, 0.25) is 0 Å². The molecule has 0 aromatic carbocycles. The van der Waals surface area contributed by atoms with E-state index in [9.17, 15) is 0 Å². The molecule has 1 aromatic heterocycles.